The van der Waals surface area contributed by atoms with E-state index in [1.807, 2.05) is 68.6 Å². The molecule has 3 aromatic carbocycles. The third kappa shape index (κ3) is 7.16. The van der Waals surface area contributed by atoms with Gasteiger partial charge in [0, 0.05) is 47.8 Å². The molecule has 0 spiro atoms. The first-order chi connectivity index (χ1) is 22.1. The molecule has 2 aromatic heterocycles. The highest BCUT2D eigenvalue weighted by atomic mass is 32.1. The predicted molar refractivity (Wildman–Crippen MR) is 181 cm³/mol. The van der Waals surface area contributed by atoms with Gasteiger partial charge in [0.2, 0.25) is 11.3 Å². The molecule has 5 rings (SSSR count). The van der Waals surface area contributed by atoms with E-state index in [1.54, 1.807) is 18.4 Å². The molecule has 1 N–H and O–H groups in total. The summed E-state index contributed by atoms with van der Waals surface area (Å²) in [5, 5.41) is 3.27. The highest BCUT2D eigenvalue weighted by Crippen LogP contribution is 2.39. The molecule has 0 aliphatic carbocycles. The van der Waals surface area contributed by atoms with Crippen molar-refractivity contribution in [1.29, 1.82) is 0 Å². The molecule has 0 aliphatic rings. The molecule has 5 aromatic rings. The van der Waals surface area contributed by atoms with Gasteiger partial charge in [0.15, 0.2) is 5.78 Å². The largest absolute Gasteiger partial charge is 0.334 e. The maximum Gasteiger partial charge on any atom is 0.224 e. The fourth-order valence-corrected chi connectivity index (χ4v) is 6.80. The van der Waals surface area contributed by atoms with Crippen molar-refractivity contribution in [2.75, 3.05) is 12.4 Å². The van der Waals surface area contributed by atoms with E-state index in [1.165, 1.54) is 35.7 Å². The van der Waals surface area contributed by atoms with Crippen LogP contribution < -0.4 is 10.7 Å². The first kappa shape index (κ1) is 32.9. The van der Waals surface area contributed by atoms with Crippen LogP contribution in [0.5, 0.6) is 0 Å². The molecule has 0 saturated carbocycles. The van der Waals surface area contributed by atoms with Crippen molar-refractivity contribution in [3.8, 4) is 10.4 Å². The third-order valence-corrected chi connectivity index (χ3v) is 9.14. The summed E-state index contributed by atoms with van der Waals surface area (Å²) >= 11 is 1.35. The molecule has 0 radical (unpaired) electrons. The van der Waals surface area contributed by atoms with Crippen molar-refractivity contribution in [3.63, 3.8) is 0 Å². The molecule has 0 atom stereocenters. The standard InChI is InChI=1S/C37H37F2N3O3S/c1-5-10-32(43)40-26-17-15-25(16-18-26)36-28(20-41(4)19-24-11-7-6-8-12-24)33-35(45)29(34(44)23(2)3)22-42(37(33)46-36)21-27-30(38)13-9-14-31(27)39/h6-9,11-18,22-23H,5,10,19-21H2,1-4H3,(H,40,43). The second-order valence-electron chi connectivity index (χ2n) is 11.8. The number of anilines is 1. The fourth-order valence-electron chi connectivity index (χ4n) is 5.51. The number of aromatic nitrogens is 1. The third-order valence-electron chi connectivity index (χ3n) is 7.82. The van der Waals surface area contributed by atoms with E-state index in [2.05, 4.69) is 10.2 Å². The lowest BCUT2D eigenvalue weighted by atomic mass is 9.99. The van der Waals surface area contributed by atoms with Crippen molar-refractivity contribution in [2.45, 2.75) is 53.2 Å². The van der Waals surface area contributed by atoms with Crippen LogP contribution in [0.3, 0.4) is 0 Å². The van der Waals surface area contributed by atoms with Gasteiger partial charge in [0.1, 0.15) is 16.5 Å². The van der Waals surface area contributed by atoms with Crippen molar-refractivity contribution < 1.29 is 18.4 Å². The average molecular weight is 642 g/mol. The Balaban J connectivity index is 1.71. The van der Waals surface area contributed by atoms with E-state index in [0.29, 0.717) is 35.4 Å². The van der Waals surface area contributed by atoms with E-state index < -0.39 is 23.0 Å². The van der Waals surface area contributed by atoms with Gasteiger partial charge in [-0.15, -0.1) is 11.3 Å². The molecule has 1 amide bonds. The van der Waals surface area contributed by atoms with Crippen molar-refractivity contribution >= 4 is 38.9 Å². The minimum absolute atomic E-state index is 0.00968. The Morgan fingerprint density at radius 1 is 0.913 bits per heavy atom. The Morgan fingerprint density at radius 3 is 2.22 bits per heavy atom. The number of ketones is 1. The maximum absolute atomic E-state index is 14.9. The summed E-state index contributed by atoms with van der Waals surface area (Å²) in [4.78, 5) is 43.2. The molecule has 0 fully saturated rings. The zero-order chi connectivity index (χ0) is 33.0. The fraction of sp³-hybridized carbons (Fsp3) is 0.270. The zero-order valence-electron chi connectivity index (χ0n) is 26.4. The van der Waals surface area contributed by atoms with Crippen LogP contribution in [0.1, 0.15) is 60.7 Å². The lowest BCUT2D eigenvalue weighted by Crippen LogP contribution is -2.24. The number of rotatable bonds is 12. The Hall–Kier alpha value is -4.47. The Kier molecular flexibility index (Phi) is 10.2. The molecule has 0 bridgehead atoms. The van der Waals surface area contributed by atoms with Crippen LogP contribution in [0.4, 0.5) is 14.5 Å². The first-order valence-corrected chi connectivity index (χ1v) is 16.2. The minimum Gasteiger partial charge on any atom is -0.334 e. The smallest absolute Gasteiger partial charge is 0.224 e. The number of halogens is 2. The van der Waals surface area contributed by atoms with Gasteiger partial charge in [-0.1, -0.05) is 69.3 Å². The number of Topliss-reactive ketones (excluding diaryl/α,β-unsaturated/α-hetero) is 1. The summed E-state index contributed by atoms with van der Waals surface area (Å²) in [6.07, 6.45) is 2.60. The number of nitrogens with one attached hydrogen (secondary N) is 1. The van der Waals surface area contributed by atoms with Gasteiger partial charge >= 0.3 is 0 Å². The van der Waals surface area contributed by atoms with Crippen LogP contribution >= 0.6 is 11.3 Å². The molecule has 46 heavy (non-hydrogen) atoms. The van der Waals surface area contributed by atoms with Gasteiger partial charge in [0.25, 0.3) is 0 Å². The van der Waals surface area contributed by atoms with Crippen LogP contribution in [0, 0.1) is 17.6 Å². The van der Waals surface area contributed by atoms with Crippen molar-refractivity contribution in [1.82, 2.24) is 9.47 Å². The number of benzene rings is 3. The number of hydrogen-bond acceptors (Lipinski definition) is 5. The van der Waals surface area contributed by atoms with Gasteiger partial charge < -0.3 is 9.88 Å². The summed E-state index contributed by atoms with van der Waals surface area (Å²) < 4.78 is 31.4. The second kappa shape index (κ2) is 14.3. The summed E-state index contributed by atoms with van der Waals surface area (Å²) in [5.41, 5.74) is 2.74. The monoisotopic (exact) mass is 641 g/mol. The molecular formula is C37H37F2N3O3S. The Morgan fingerprint density at radius 2 is 1.59 bits per heavy atom. The second-order valence-corrected chi connectivity index (χ2v) is 12.8. The van der Waals surface area contributed by atoms with Crippen LogP contribution in [0.15, 0.2) is 83.8 Å². The summed E-state index contributed by atoms with van der Waals surface area (Å²) in [6.45, 7) is 6.18. The number of fused-ring (bicyclic) bond motifs is 1. The molecule has 6 nitrogen and oxygen atoms in total. The zero-order valence-corrected chi connectivity index (χ0v) is 27.2. The van der Waals surface area contributed by atoms with Crippen molar-refractivity contribution in [3.05, 3.63) is 123 Å². The van der Waals surface area contributed by atoms with Gasteiger partial charge in [-0.3, -0.25) is 19.3 Å². The Bertz CT molecular complexity index is 1910. The number of carbonyl (C=O) groups excluding carboxylic acids is 2. The van der Waals surface area contributed by atoms with E-state index in [0.717, 1.165) is 28.0 Å². The number of hydrogen-bond donors (Lipinski definition) is 1. The number of carbonyl (C=O) groups is 2. The molecule has 0 saturated heterocycles. The number of nitrogens with zero attached hydrogens (tertiary/aromatic N) is 2. The van der Waals surface area contributed by atoms with Crippen molar-refractivity contribution in [2.24, 2.45) is 5.92 Å². The van der Waals surface area contributed by atoms with Gasteiger partial charge in [-0.05, 0) is 54.4 Å². The maximum atomic E-state index is 14.9. The molecule has 0 aliphatic heterocycles. The van der Waals surface area contributed by atoms with E-state index >= 15 is 0 Å². The highest BCUT2D eigenvalue weighted by molar-refractivity contribution is 7.22. The topological polar surface area (TPSA) is 71.4 Å². The van der Waals surface area contributed by atoms with Gasteiger partial charge in [0.05, 0.1) is 17.5 Å². The summed E-state index contributed by atoms with van der Waals surface area (Å²) in [7, 11) is 1.96. The lowest BCUT2D eigenvalue weighted by Gasteiger charge is -2.18. The predicted octanol–water partition coefficient (Wildman–Crippen LogP) is 8.27. The van der Waals surface area contributed by atoms with Crippen LogP contribution in [-0.4, -0.2) is 28.2 Å². The summed E-state index contributed by atoms with van der Waals surface area (Å²) in [5.74, 6) is -2.27. The van der Waals surface area contributed by atoms with Gasteiger partial charge in [-0.2, -0.15) is 0 Å². The molecule has 0 unspecified atom stereocenters. The molecule has 2 heterocycles. The lowest BCUT2D eigenvalue weighted by molar-refractivity contribution is -0.116. The minimum atomic E-state index is -0.705. The molecular weight excluding hydrogens is 604 g/mol. The normalized spacial score (nSPS) is 11.5. The van der Waals surface area contributed by atoms with Crippen LogP contribution in [0.2, 0.25) is 0 Å². The molecule has 238 valence electrons. The number of pyridine rings is 1. The highest BCUT2D eigenvalue weighted by Gasteiger charge is 2.26. The summed E-state index contributed by atoms with van der Waals surface area (Å²) in [6, 6.07) is 21.1. The quantitative estimate of drug-likeness (QED) is 0.139. The SMILES string of the molecule is CCCC(=O)Nc1ccc(-c2sc3c(c2CN(C)Cc2ccccc2)c(=O)c(C(=O)C(C)C)cn3Cc2c(F)cccc2F)cc1. The van der Waals surface area contributed by atoms with E-state index in [9.17, 15) is 23.2 Å². The first-order valence-electron chi connectivity index (χ1n) is 15.4. The molecule has 9 heteroatoms. The average Bonchev–Trinajstić information content (AvgIpc) is 3.40. The number of thiophene rings is 1. The van der Waals surface area contributed by atoms with Crippen LogP contribution in [0.25, 0.3) is 20.7 Å². The number of amides is 1. The Labute approximate surface area is 271 Å². The van der Waals surface area contributed by atoms with E-state index in [4.69, 9.17) is 0 Å². The van der Waals surface area contributed by atoms with Crippen LogP contribution in [-0.2, 0) is 24.4 Å². The van der Waals surface area contributed by atoms with Gasteiger partial charge in [-0.25, -0.2) is 8.78 Å². The van der Waals surface area contributed by atoms with E-state index in [-0.39, 0.29) is 29.4 Å².